The Kier molecular flexibility index (Phi) is 5.42. The molecule has 0 aliphatic carbocycles. The van der Waals surface area contributed by atoms with E-state index in [1.807, 2.05) is 67.6 Å². The number of hydrogen-bond donors (Lipinski definition) is 0. The second-order valence-corrected chi connectivity index (χ2v) is 11.4. The van der Waals surface area contributed by atoms with Crippen molar-refractivity contribution in [3.05, 3.63) is 103 Å². The van der Waals surface area contributed by atoms with Gasteiger partial charge in [-0.3, -0.25) is 0 Å². The van der Waals surface area contributed by atoms with Crippen molar-refractivity contribution in [3.8, 4) is 22.5 Å². The fourth-order valence-corrected chi connectivity index (χ4v) is 7.62. The Morgan fingerprint density at radius 1 is 0.647 bits per heavy atom. The van der Waals surface area contributed by atoms with Gasteiger partial charge in [-0.1, -0.05) is 6.07 Å². The third-order valence-electron chi connectivity index (χ3n) is 5.68. The van der Waals surface area contributed by atoms with Crippen LogP contribution in [0.2, 0.25) is 0 Å². The Morgan fingerprint density at radius 3 is 2.15 bits per heavy atom. The topological polar surface area (TPSA) is 55.7 Å². The van der Waals surface area contributed by atoms with Crippen molar-refractivity contribution >= 4 is 44.7 Å². The van der Waals surface area contributed by atoms with E-state index in [9.17, 15) is 4.21 Å². The molecule has 6 heteroatoms. The van der Waals surface area contributed by atoms with Crippen LogP contribution in [-0.2, 0) is 10.8 Å². The summed E-state index contributed by atoms with van der Waals surface area (Å²) >= 11 is 0.107. The molecule has 4 heterocycles. The minimum atomic E-state index is -1.49. The third kappa shape index (κ3) is 3.80. The fraction of sp³-hybridized carbons (Fsp3) is 0.0357. The van der Waals surface area contributed by atoms with Gasteiger partial charge in [0, 0.05) is 0 Å². The Labute approximate surface area is 205 Å². The van der Waals surface area contributed by atoms with Crippen molar-refractivity contribution in [2.45, 2.75) is 17.0 Å². The molecule has 2 aromatic carbocycles. The van der Waals surface area contributed by atoms with E-state index in [4.69, 9.17) is 9.97 Å². The molecule has 0 N–H and O–H groups in total. The van der Waals surface area contributed by atoms with Crippen LogP contribution in [0.3, 0.4) is 0 Å². The monoisotopic (exact) mass is 525 g/mol. The van der Waals surface area contributed by atoms with E-state index in [1.165, 1.54) is 15.0 Å². The zero-order valence-electron chi connectivity index (χ0n) is 18.3. The second-order valence-electron chi connectivity index (χ2n) is 7.95. The molecule has 0 fully saturated rings. The predicted molar refractivity (Wildman–Crippen MR) is 139 cm³/mol. The predicted octanol–water partition coefficient (Wildman–Crippen LogP) is 6.04. The number of hydrogen-bond acceptors (Lipinski definition) is 4. The van der Waals surface area contributed by atoms with Crippen molar-refractivity contribution in [1.82, 2.24) is 15.0 Å². The first kappa shape index (κ1) is 21.1. The number of pyridine rings is 3. The quantitative estimate of drug-likeness (QED) is 0.264. The van der Waals surface area contributed by atoms with E-state index < -0.39 is 10.8 Å². The zero-order valence-corrected chi connectivity index (χ0v) is 20.8. The number of aromatic nitrogens is 3. The van der Waals surface area contributed by atoms with Crippen LogP contribution >= 0.6 is 0 Å². The summed E-state index contributed by atoms with van der Waals surface area (Å²) in [6.45, 7) is 2.03. The summed E-state index contributed by atoms with van der Waals surface area (Å²) in [6, 6.07) is 31.8. The van der Waals surface area contributed by atoms with Gasteiger partial charge >= 0.3 is 200 Å². The third-order valence-corrected chi connectivity index (χ3v) is 9.30. The van der Waals surface area contributed by atoms with Gasteiger partial charge in [-0.15, -0.1) is 0 Å². The van der Waals surface area contributed by atoms with Gasteiger partial charge < -0.3 is 0 Å². The van der Waals surface area contributed by atoms with E-state index in [1.54, 1.807) is 6.07 Å². The molecular formula is C28H19N3OSSe. The SMILES string of the molecule is Cc1ccc2c(n1)[se]c1c(-c3cccc(S(=O)c4cccc(-c5ccccc5)n4)n3)cccc12. The summed E-state index contributed by atoms with van der Waals surface area (Å²) in [4.78, 5) is 14.3. The van der Waals surface area contributed by atoms with E-state index in [0.29, 0.717) is 10.1 Å². The number of rotatable bonds is 4. The molecule has 0 amide bonds. The normalized spacial score (nSPS) is 12.3. The number of aryl methyl sites for hydroxylation is 1. The summed E-state index contributed by atoms with van der Waals surface area (Å²) in [5.74, 6) is 0. The summed E-state index contributed by atoms with van der Waals surface area (Å²) < 4.78 is 15.9. The van der Waals surface area contributed by atoms with Crippen LogP contribution < -0.4 is 0 Å². The molecule has 0 aliphatic heterocycles. The van der Waals surface area contributed by atoms with E-state index in [-0.39, 0.29) is 14.5 Å². The standard InChI is InChI=1S/C28H19N3OSSe/c1-18-16-17-21-20-10-5-11-22(27(20)34-28(21)29-18)24-13-7-15-26(31-24)33(32)25-14-6-12-23(30-25)19-8-3-2-4-9-19/h2-17H,1H3. The molecule has 34 heavy (non-hydrogen) atoms. The van der Waals surface area contributed by atoms with Crippen LogP contribution in [0.4, 0.5) is 0 Å². The molecule has 4 aromatic heterocycles. The van der Waals surface area contributed by atoms with Crippen molar-refractivity contribution in [3.63, 3.8) is 0 Å². The van der Waals surface area contributed by atoms with Crippen molar-refractivity contribution in [2.75, 3.05) is 0 Å². The average Bonchev–Trinajstić information content (AvgIpc) is 3.26. The van der Waals surface area contributed by atoms with Gasteiger partial charge in [0.2, 0.25) is 0 Å². The summed E-state index contributed by atoms with van der Waals surface area (Å²) in [5.41, 5.74) is 4.74. The molecule has 164 valence electrons. The minimum absolute atomic E-state index is 0.107. The Hall–Kier alpha value is -3.44. The van der Waals surface area contributed by atoms with Gasteiger partial charge in [0.25, 0.3) is 0 Å². The summed E-state index contributed by atoms with van der Waals surface area (Å²) in [5, 5.41) is 3.44. The van der Waals surface area contributed by atoms with Crippen LogP contribution in [0.1, 0.15) is 5.69 Å². The number of nitrogens with zero attached hydrogens (tertiary/aromatic N) is 3. The van der Waals surface area contributed by atoms with Gasteiger partial charge in [0.1, 0.15) is 0 Å². The Morgan fingerprint density at radius 2 is 1.35 bits per heavy atom. The van der Waals surface area contributed by atoms with Crippen molar-refractivity contribution in [2.24, 2.45) is 0 Å². The van der Waals surface area contributed by atoms with E-state index >= 15 is 0 Å². The van der Waals surface area contributed by atoms with E-state index in [0.717, 1.165) is 32.6 Å². The maximum absolute atomic E-state index is 13.4. The van der Waals surface area contributed by atoms with Crippen LogP contribution in [0.5, 0.6) is 0 Å². The molecule has 1 atom stereocenters. The first-order valence-electron chi connectivity index (χ1n) is 10.9. The molecule has 0 saturated heterocycles. The summed E-state index contributed by atoms with van der Waals surface area (Å²) in [7, 11) is -1.49. The summed E-state index contributed by atoms with van der Waals surface area (Å²) in [6.07, 6.45) is 0. The van der Waals surface area contributed by atoms with Gasteiger partial charge in [-0.05, 0) is 0 Å². The molecule has 0 aliphatic rings. The molecule has 0 spiro atoms. The molecule has 0 radical (unpaired) electrons. The molecule has 6 rings (SSSR count). The van der Waals surface area contributed by atoms with E-state index in [2.05, 4.69) is 35.3 Å². The van der Waals surface area contributed by atoms with Crippen molar-refractivity contribution in [1.29, 1.82) is 0 Å². The first-order valence-corrected chi connectivity index (χ1v) is 13.7. The second kappa shape index (κ2) is 8.73. The number of benzene rings is 2. The average molecular weight is 525 g/mol. The van der Waals surface area contributed by atoms with Crippen LogP contribution in [0.25, 0.3) is 41.9 Å². The Balaban J connectivity index is 1.42. The molecule has 0 bridgehead atoms. The van der Waals surface area contributed by atoms with Crippen LogP contribution in [-0.4, -0.2) is 33.7 Å². The fourth-order valence-electron chi connectivity index (χ4n) is 4.04. The van der Waals surface area contributed by atoms with Crippen LogP contribution in [0, 0.1) is 6.92 Å². The zero-order chi connectivity index (χ0) is 23.1. The first-order chi connectivity index (χ1) is 16.7. The van der Waals surface area contributed by atoms with Crippen LogP contribution in [0.15, 0.2) is 107 Å². The van der Waals surface area contributed by atoms with Gasteiger partial charge in [0.05, 0.1) is 0 Å². The Bertz CT molecular complexity index is 1700. The molecule has 0 saturated carbocycles. The molecule has 4 nitrogen and oxygen atoms in total. The molecule has 1 unspecified atom stereocenters. The van der Waals surface area contributed by atoms with Gasteiger partial charge in [-0.2, -0.15) is 0 Å². The molecular weight excluding hydrogens is 505 g/mol. The molecule has 6 aromatic rings. The maximum atomic E-state index is 13.4. The van der Waals surface area contributed by atoms with Crippen molar-refractivity contribution < 1.29 is 4.21 Å². The van der Waals surface area contributed by atoms with Gasteiger partial charge in [0.15, 0.2) is 0 Å². The number of fused-ring (bicyclic) bond motifs is 3. The van der Waals surface area contributed by atoms with Gasteiger partial charge in [-0.25, -0.2) is 0 Å².